The maximum atomic E-state index is 5.72. The fourth-order valence-electron chi connectivity index (χ4n) is 4.76. The lowest BCUT2D eigenvalue weighted by molar-refractivity contribution is -0.392. The summed E-state index contributed by atoms with van der Waals surface area (Å²) >= 11 is 0. The highest BCUT2D eigenvalue weighted by Crippen LogP contribution is 2.46. The average Bonchev–Trinajstić information content (AvgIpc) is 2.87. The Bertz CT molecular complexity index is 1390. The van der Waals surface area contributed by atoms with E-state index in [1.807, 2.05) is 29.8 Å². The van der Waals surface area contributed by atoms with Gasteiger partial charge in [0, 0.05) is 5.56 Å². The van der Waals surface area contributed by atoms with Gasteiger partial charge in [0.25, 0.3) is 0 Å². The maximum absolute atomic E-state index is 5.72. The van der Waals surface area contributed by atoms with Gasteiger partial charge in [0.05, 0.1) is 39.4 Å². The van der Waals surface area contributed by atoms with Crippen LogP contribution in [0.5, 0.6) is 23.0 Å². The first-order valence-electron chi connectivity index (χ1n) is 11.4. The smallest absolute Gasteiger partial charge is 0.220 e. The van der Waals surface area contributed by atoms with Crippen molar-refractivity contribution in [3.05, 3.63) is 77.4 Å². The van der Waals surface area contributed by atoms with Crippen molar-refractivity contribution in [3.8, 4) is 34.1 Å². The molecule has 0 bridgehead atoms. The fourth-order valence-corrected chi connectivity index (χ4v) is 4.76. The van der Waals surface area contributed by atoms with Crippen LogP contribution < -0.4 is 18.9 Å². The molecule has 0 fully saturated rings. The normalized spacial score (nSPS) is 10.8. The third-order valence-corrected chi connectivity index (χ3v) is 6.40. The first kappa shape index (κ1) is 24.1. The van der Waals surface area contributed by atoms with Crippen LogP contribution in [0.25, 0.3) is 21.9 Å². The Morgan fingerprint density at radius 1 is 0.714 bits per heavy atom. The van der Waals surface area contributed by atoms with E-state index < -0.39 is 0 Å². The van der Waals surface area contributed by atoms with Crippen LogP contribution in [0, 0.1) is 6.92 Å². The zero-order valence-electron chi connectivity index (χ0n) is 21.3. The van der Waals surface area contributed by atoms with Crippen LogP contribution in [-0.2, 0) is 6.42 Å². The van der Waals surface area contributed by atoms with E-state index in [9.17, 15) is 0 Å². The summed E-state index contributed by atoms with van der Waals surface area (Å²) in [5, 5.41) is 2.14. The van der Waals surface area contributed by atoms with Crippen LogP contribution in [0.15, 0.2) is 60.7 Å². The fraction of sp³-hybridized carbons (Fsp3) is 0.233. The van der Waals surface area contributed by atoms with Crippen LogP contribution in [0.2, 0.25) is 0 Å². The van der Waals surface area contributed by atoms with Crippen molar-refractivity contribution >= 4 is 23.2 Å². The summed E-state index contributed by atoms with van der Waals surface area (Å²) in [7, 11) is 8.60. The van der Waals surface area contributed by atoms with Crippen LogP contribution in [0.4, 0.5) is 5.69 Å². The molecule has 0 spiro atoms. The highest BCUT2D eigenvalue weighted by molar-refractivity contribution is 6.03. The van der Waals surface area contributed by atoms with Crippen molar-refractivity contribution in [2.45, 2.75) is 13.3 Å². The van der Waals surface area contributed by atoms with Gasteiger partial charge in [-0.05, 0) is 65.8 Å². The van der Waals surface area contributed by atoms with E-state index >= 15 is 0 Å². The quantitative estimate of drug-likeness (QED) is 0.220. The zero-order chi connectivity index (χ0) is 25.1. The van der Waals surface area contributed by atoms with Crippen LogP contribution in [-0.4, -0.2) is 46.8 Å². The minimum absolute atomic E-state index is 0.676. The van der Waals surface area contributed by atoms with E-state index in [4.69, 9.17) is 18.9 Å². The molecule has 4 rings (SSSR count). The minimum Gasteiger partial charge on any atom is -0.493 e. The lowest BCUT2D eigenvalue weighted by Crippen LogP contribution is -2.03. The molecule has 0 aliphatic rings. The van der Waals surface area contributed by atoms with Gasteiger partial charge in [-0.3, -0.25) is 0 Å². The van der Waals surface area contributed by atoms with Gasteiger partial charge < -0.3 is 18.9 Å². The van der Waals surface area contributed by atoms with Gasteiger partial charge in [0.15, 0.2) is 23.0 Å². The highest BCUT2D eigenvalue weighted by atomic mass is 16.5. The maximum Gasteiger partial charge on any atom is 0.220 e. The Labute approximate surface area is 207 Å². The van der Waals surface area contributed by atoms with Crippen molar-refractivity contribution in [1.82, 2.24) is 0 Å². The van der Waals surface area contributed by atoms with E-state index in [1.165, 1.54) is 11.1 Å². The molecule has 0 aliphatic carbocycles. The number of methoxy groups -OCH3 is 4. The lowest BCUT2D eigenvalue weighted by Gasteiger charge is -2.19. The molecule has 0 N–H and O–H groups in total. The Hall–Kier alpha value is -3.99. The Kier molecular flexibility index (Phi) is 6.97. The van der Waals surface area contributed by atoms with E-state index in [-0.39, 0.29) is 0 Å². The number of fused-ring (bicyclic) bond motifs is 1. The summed E-state index contributed by atoms with van der Waals surface area (Å²) in [6, 6.07) is 20.9. The van der Waals surface area contributed by atoms with Crippen molar-refractivity contribution in [1.29, 1.82) is 0 Å². The van der Waals surface area contributed by atoms with Gasteiger partial charge >= 0.3 is 0 Å². The predicted molar refractivity (Wildman–Crippen MR) is 143 cm³/mol. The molecule has 5 heteroatoms. The molecule has 0 unspecified atom stereocenters. The Balaban J connectivity index is 2.11. The molecule has 0 radical (unpaired) electrons. The standard InChI is InChI=1S/C30H32NO4/c1-19-22(13-14-26(32-4)30(19)35-7)24-16-21(15-20-11-9-8-10-12-20)23-17-27(33-5)28(34-6)18-25(23)29(24)31(2)3/h8-14,16-18H,2,15H2,1,3-7H3/q+1. The topological polar surface area (TPSA) is 39.9 Å². The second kappa shape index (κ2) is 10.1. The molecular formula is C30H32NO4+. The molecule has 0 aromatic heterocycles. The van der Waals surface area contributed by atoms with Crippen molar-refractivity contribution in [2.24, 2.45) is 0 Å². The number of hydrogen-bond acceptors (Lipinski definition) is 4. The molecule has 0 saturated heterocycles. The van der Waals surface area contributed by atoms with Crippen LogP contribution in [0.1, 0.15) is 16.7 Å². The number of nitrogens with zero attached hydrogens (tertiary/aromatic N) is 1. The number of rotatable bonds is 8. The molecule has 4 aromatic carbocycles. The Morgan fingerprint density at radius 2 is 1.34 bits per heavy atom. The minimum atomic E-state index is 0.676. The van der Waals surface area contributed by atoms with Gasteiger partial charge in [0.2, 0.25) is 5.69 Å². The predicted octanol–water partition coefficient (Wildman–Crippen LogP) is 6.41. The van der Waals surface area contributed by atoms with Crippen LogP contribution in [0.3, 0.4) is 0 Å². The molecule has 0 saturated carbocycles. The molecule has 0 amide bonds. The molecule has 4 aromatic rings. The molecule has 0 atom stereocenters. The van der Waals surface area contributed by atoms with Crippen LogP contribution >= 0.6 is 0 Å². The monoisotopic (exact) mass is 470 g/mol. The van der Waals surface area contributed by atoms with E-state index in [1.54, 1.807) is 28.4 Å². The lowest BCUT2D eigenvalue weighted by atomic mass is 9.89. The summed E-state index contributed by atoms with van der Waals surface area (Å²) in [5.41, 5.74) is 6.52. The second-order valence-electron chi connectivity index (χ2n) is 8.52. The molecule has 0 heterocycles. The molecule has 180 valence electrons. The summed E-state index contributed by atoms with van der Waals surface area (Å²) in [6.45, 7) is 6.32. The van der Waals surface area contributed by atoms with E-state index in [0.717, 1.165) is 45.3 Å². The molecule has 0 aliphatic heterocycles. The third-order valence-electron chi connectivity index (χ3n) is 6.40. The summed E-state index contributed by atoms with van der Waals surface area (Å²) in [4.78, 5) is 0. The van der Waals surface area contributed by atoms with Gasteiger partial charge in [-0.2, -0.15) is 0 Å². The first-order chi connectivity index (χ1) is 16.9. The molecule has 5 nitrogen and oxygen atoms in total. The van der Waals surface area contributed by atoms with Gasteiger partial charge in [0.1, 0.15) is 13.8 Å². The highest BCUT2D eigenvalue weighted by Gasteiger charge is 2.24. The largest absolute Gasteiger partial charge is 0.493 e. The molecule has 35 heavy (non-hydrogen) atoms. The molecular weight excluding hydrogens is 438 g/mol. The van der Waals surface area contributed by atoms with Gasteiger partial charge in [-0.25, -0.2) is 4.58 Å². The average molecular weight is 471 g/mol. The number of hydrogen-bond donors (Lipinski definition) is 0. The van der Waals surface area contributed by atoms with Gasteiger partial charge in [-0.1, -0.05) is 30.3 Å². The second-order valence-corrected chi connectivity index (χ2v) is 8.52. The summed E-state index contributed by atoms with van der Waals surface area (Å²) in [6.07, 6.45) is 0.771. The van der Waals surface area contributed by atoms with Crippen molar-refractivity contribution in [2.75, 3.05) is 35.5 Å². The van der Waals surface area contributed by atoms with Crippen molar-refractivity contribution in [3.63, 3.8) is 0 Å². The summed E-state index contributed by atoms with van der Waals surface area (Å²) < 4.78 is 24.5. The Morgan fingerprint density at radius 3 is 1.91 bits per heavy atom. The van der Waals surface area contributed by atoms with E-state index in [2.05, 4.69) is 56.1 Å². The van der Waals surface area contributed by atoms with E-state index in [0.29, 0.717) is 17.2 Å². The van der Waals surface area contributed by atoms with Gasteiger partial charge in [-0.15, -0.1) is 0 Å². The first-order valence-corrected chi connectivity index (χ1v) is 11.4. The number of benzene rings is 4. The third kappa shape index (κ3) is 4.42. The van der Waals surface area contributed by atoms with Crippen molar-refractivity contribution < 1.29 is 23.5 Å². The SMILES string of the molecule is C=[N+](C)c1c(-c2ccc(OC)c(OC)c2C)cc(Cc2ccccc2)c2cc(OC)c(OC)cc12. The summed E-state index contributed by atoms with van der Waals surface area (Å²) in [5.74, 6) is 2.80. The zero-order valence-corrected chi connectivity index (χ0v) is 21.3. The number of ether oxygens (including phenoxy) is 4.